The van der Waals surface area contributed by atoms with Crippen molar-refractivity contribution in [1.82, 2.24) is 9.29 Å². The Bertz CT molecular complexity index is 580. The Morgan fingerprint density at radius 2 is 2.16 bits per heavy atom. The van der Waals surface area contributed by atoms with Crippen molar-refractivity contribution in [3.05, 3.63) is 28.7 Å². The van der Waals surface area contributed by atoms with Crippen LogP contribution in [-0.4, -0.2) is 30.8 Å². The molecule has 1 aromatic heterocycles. The van der Waals surface area contributed by atoms with Crippen molar-refractivity contribution in [1.29, 1.82) is 0 Å². The summed E-state index contributed by atoms with van der Waals surface area (Å²) in [6, 6.07) is 1.25. The van der Waals surface area contributed by atoms with Gasteiger partial charge in [-0.1, -0.05) is 13.3 Å². The Balaban J connectivity index is 2.25. The molecule has 1 fully saturated rings. The maximum atomic E-state index is 12.5. The SMILES string of the molecule is CCC1CCCN(S(=O)(=O)c2c[nH]ccc2=O)CC1. The predicted molar refractivity (Wildman–Crippen MR) is 73.5 cm³/mol. The van der Waals surface area contributed by atoms with Crippen LogP contribution in [0.5, 0.6) is 0 Å². The van der Waals surface area contributed by atoms with Gasteiger partial charge in [0.2, 0.25) is 15.5 Å². The third-order valence-electron chi connectivity index (χ3n) is 3.79. The molecule has 1 unspecified atom stereocenters. The maximum absolute atomic E-state index is 12.5. The lowest BCUT2D eigenvalue weighted by Crippen LogP contribution is -2.34. The lowest BCUT2D eigenvalue weighted by Gasteiger charge is -2.19. The first kappa shape index (κ1) is 14.3. The Labute approximate surface area is 113 Å². The number of pyridine rings is 1. The lowest BCUT2D eigenvalue weighted by molar-refractivity contribution is 0.407. The number of aromatic nitrogens is 1. The van der Waals surface area contributed by atoms with Gasteiger partial charge in [0.05, 0.1) is 0 Å². The molecule has 6 heteroatoms. The first-order valence-electron chi connectivity index (χ1n) is 6.73. The van der Waals surface area contributed by atoms with Gasteiger partial charge in [0.25, 0.3) is 0 Å². The van der Waals surface area contributed by atoms with Gasteiger partial charge in [-0.05, 0) is 25.2 Å². The summed E-state index contributed by atoms with van der Waals surface area (Å²) in [5.41, 5.74) is -0.449. The van der Waals surface area contributed by atoms with Gasteiger partial charge < -0.3 is 4.98 Å². The van der Waals surface area contributed by atoms with Gasteiger partial charge in [-0.25, -0.2) is 8.42 Å². The molecule has 0 aliphatic carbocycles. The number of nitrogens with one attached hydrogen (secondary N) is 1. The van der Waals surface area contributed by atoms with Gasteiger partial charge in [-0.3, -0.25) is 4.79 Å². The summed E-state index contributed by atoms with van der Waals surface area (Å²) in [6.45, 7) is 3.15. The Morgan fingerprint density at radius 1 is 1.37 bits per heavy atom. The monoisotopic (exact) mass is 284 g/mol. The van der Waals surface area contributed by atoms with E-state index in [1.807, 2.05) is 0 Å². The highest BCUT2D eigenvalue weighted by Crippen LogP contribution is 2.23. The average Bonchev–Trinajstić information content (AvgIpc) is 2.64. The second-order valence-electron chi connectivity index (χ2n) is 4.98. The molecule has 0 radical (unpaired) electrons. The van der Waals surface area contributed by atoms with E-state index in [1.54, 1.807) is 0 Å². The summed E-state index contributed by atoms with van der Waals surface area (Å²) >= 11 is 0. The minimum atomic E-state index is -3.66. The minimum Gasteiger partial charge on any atom is -0.366 e. The zero-order valence-electron chi connectivity index (χ0n) is 11.1. The fraction of sp³-hybridized carbons (Fsp3) is 0.615. The summed E-state index contributed by atoms with van der Waals surface area (Å²) in [4.78, 5) is 14.2. The van der Waals surface area contributed by atoms with Crippen LogP contribution in [0.1, 0.15) is 32.6 Å². The van der Waals surface area contributed by atoms with Crippen LogP contribution in [0.2, 0.25) is 0 Å². The van der Waals surface area contributed by atoms with Crippen LogP contribution in [0.4, 0.5) is 0 Å². The van der Waals surface area contributed by atoms with Gasteiger partial charge in [-0.2, -0.15) is 4.31 Å². The first-order valence-corrected chi connectivity index (χ1v) is 8.17. The lowest BCUT2D eigenvalue weighted by atomic mass is 9.98. The summed E-state index contributed by atoms with van der Waals surface area (Å²) in [5.74, 6) is 0.592. The summed E-state index contributed by atoms with van der Waals surface area (Å²) < 4.78 is 26.4. The number of nitrogens with zero attached hydrogens (tertiary/aromatic N) is 1. The van der Waals surface area contributed by atoms with E-state index in [2.05, 4.69) is 11.9 Å². The Morgan fingerprint density at radius 3 is 2.84 bits per heavy atom. The zero-order chi connectivity index (χ0) is 13.9. The molecule has 5 nitrogen and oxygen atoms in total. The third-order valence-corrected chi connectivity index (χ3v) is 5.71. The molecule has 0 bridgehead atoms. The molecule has 0 saturated carbocycles. The quantitative estimate of drug-likeness (QED) is 0.916. The average molecular weight is 284 g/mol. The number of aromatic amines is 1. The fourth-order valence-electron chi connectivity index (χ4n) is 2.53. The topological polar surface area (TPSA) is 70.2 Å². The maximum Gasteiger partial charge on any atom is 0.248 e. The molecule has 2 rings (SSSR count). The third kappa shape index (κ3) is 3.06. The summed E-state index contributed by atoms with van der Waals surface area (Å²) in [7, 11) is -3.66. The Hall–Kier alpha value is -1.14. The van der Waals surface area contributed by atoms with Gasteiger partial charge in [0.15, 0.2) is 0 Å². The van der Waals surface area contributed by atoms with Crippen LogP contribution >= 0.6 is 0 Å². The van der Waals surface area contributed by atoms with Gasteiger partial charge >= 0.3 is 0 Å². The van der Waals surface area contributed by atoms with Crippen molar-refractivity contribution in [2.24, 2.45) is 5.92 Å². The molecular weight excluding hydrogens is 264 g/mol. The van der Waals surface area contributed by atoms with Crippen LogP contribution in [0, 0.1) is 5.92 Å². The molecule has 0 amide bonds. The molecule has 1 N–H and O–H groups in total. The van der Waals surface area contributed by atoms with E-state index in [4.69, 9.17) is 0 Å². The van der Waals surface area contributed by atoms with Gasteiger partial charge in [0, 0.05) is 31.5 Å². The van der Waals surface area contributed by atoms with Gasteiger partial charge in [-0.15, -0.1) is 0 Å². The van der Waals surface area contributed by atoms with E-state index < -0.39 is 15.5 Å². The van der Waals surface area contributed by atoms with Crippen molar-refractivity contribution < 1.29 is 8.42 Å². The first-order chi connectivity index (χ1) is 9.05. The minimum absolute atomic E-state index is 0.148. The molecule has 0 spiro atoms. The van der Waals surface area contributed by atoms with Crippen molar-refractivity contribution in [2.45, 2.75) is 37.5 Å². The number of H-pyrrole nitrogens is 1. The molecule has 1 aliphatic heterocycles. The Kier molecular flexibility index (Phi) is 4.42. The zero-order valence-corrected chi connectivity index (χ0v) is 11.9. The predicted octanol–water partition coefficient (Wildman–Crippen LogP) is 1.58. The second kappa shape index (κ2) is 5.88. The summed E-state index contributed by atoms with van der Waals surface area (Å²) in [5, 5.41) is 0. The molecule has 2 heterocycles. The van der Waals surface area contributed by atoms with Crippen molar-refractivity contribution >= 4 is 10.0 Å². The van der Waals surface area contributed by atoms with Crippen LogP contribution in [0.3, 0.4) is 0 Å². The number of sulfonamides is 1. The van der Waals surface area contributed by atoms with E-state index in [0.29, 0.717) is 19.0 Å². The standard InChI is InChI=1S/C13H20N2O3S/c1-2-11-4-3-8-15(9-6-11)19(17,18)13-10-14-7-5-12(13)16/h5,7,10-11H,2-4,6,8-9H2,1H3,(H,14,16). The molecule has 0 aromatic carbocycles. The van der Waals surface area contributed by atoms with Crippen LogP contribution < -0.4 is 5.43 Å². The highest BCUT2D eigenvalue weighted by Gasteiger charge is 2.28. The normalized spacial score (nSPS) is 22.1. The molecule has 1 saturated heterocycles. The van der Waals surface area contributed by atoms with Crippen LogP contribution in [0.25, 0.3) is 0 Å². The molecule has 1 atom stereocenters. The molecule has 1 aliphatic rings. The molecule has 19 heavy (non-hydrogen) atoms. The fourth-order valence-corrected chi connectivity index (χ4v) is 4.06. The summed E-state index contributed by atoms with van der Waals surface area (Å²) in [6.07, 6.45) is 6.60. The van der Waals surface area contributed by atoms with Crippen LogP contribution in [-0.2, 0) is 10.0 Å². The van der Waals surface area contributed by atoms with E-state index in [9.17, 15) is 13.2 Å². The highest BCUT2D eigenvalue weighted by atomic mass is 32.2. The number of hydrogen-bond donors (Lipinski definition) is 1. The van der Waals surface area contributed by atoms with E-state index in [-0.39, 0.29) is 4.90 Å². The number of hydrogen-bond acceptors (Lipinski definition) is 3. The molecule has 106 valence electrons. The smallest absolute Gasteiger partial charge is 0.248 e. The van der Waals surface area contributed by atoms with Crippen molar-refractivity contribution in [3.63, 3.8) is 0 Å². The highest BCUT2D eigenvalue weighted by molar-refractivity contribution is 7.89. The van der Waals surface area contributed by atoms with Crippen molar-refractivity contribution in [3.8, 4) is 0 Å². The van der Waals surface area contributed by atoms with E-state index >= 15 is 0 Å². The van der Waals surface area contributed by atoms with Crippen molar-refractivity contribution in [2.75, 3.05) is 13.1 Å². The van der Waals surface area contributed by atoms with Crippen LogP contribution in [0.15, 0.2) is 28.2 Å². The van der Waals surface area contributed by atoms with E-state index in [1.165, 1.54) is 22.8 Å². The number of rotatable bonds is 3. The molecule has 1 aromatic rings. The second-order valence-corrected chi connectivity index (χ2v) is 6.89. The van der Waals surface area contributed by atoms with Gasteiger partial charge in [0.1, 0.15) is 4.90 Å². The molecular formula is C13H20N2O3S. The van der Waals surface area contributed by atoms with E-state index in [0.717, 1.165) is 25.7 Å². The largest absolute Gasteiger partial charge is 0.366 e.